The fourth-order valence-corrected chi connectivity index (χ4v) is 1.62. The van der Waals surface area contributed by atoms with Gasteiger partial charge in [-0.1, -0.05) is 13.8 Å². The van der Waals surface area contributed by atoms with Gasteiger partial charge in [-0.2, -0.15) is 0 Å². The highest BCUT2D eigenvalue weighted by molar-refractivity contribution is 5.88. The number of carboxylic acids is 1. The minimum Gasteiger partial charge on any atom is -0.478 e. The summed E-state index contributed by atoms with van der Waals surface area (Å²) in [5, 5.41) is 9.09. The summed E-state index contributed by atoms with van der Waals surface area (Å²) in [5.41, 5.74) is 0.739. The molecule has 5 heteroatoms. The molecule has 0 fully saturated rings. The van der Waals surface area contributed by atoms with Crippen LogP contribution in [0.15, 0.2) is 36.4 Å². The molecule has 0 saturated carbocycles. The highest BCUT2D eigenvalue weighted by Gasteiger charge is 2.12. The minimum absolute atomic E-state index is 0.0740. The summed E-state index contributed by atoms with van der Waals surface area (Å²) in [6.07, 6.45) is 0. The summed E-state index contributed by atoms with van der Waals surface area (Å²) in [6.45, 7) is 3.82. The van der Waals surface area contributed by atoms with Crippen LogP contribution >= 0.6 is 0 Å². The maximum atomic E-state index is 12.8. The fourth-order valence-electron chi connectivity index (χ4n) is 1.62. The zero-order valence-corrected chi connectivity index (χ0v) is 11.1. The number of ether oxygens (including phenoxy) is 1. The van der Waals surface area contributed by atoms with Gasteiger partial charge in [0.2, 0.25) is 5.88 Å². The molecule has 1 aromatic carbocycles. The Kier molecular flexibility index (Phi) is 3.98. The first-order valence-corrected chi connectivity index (χ1v) is 6.14. The number of benzene rings is 1. The van der Waals surface area contributed by atoms with Crippen molar-refractivity contribution in [2.45, 2.75) is 19.8 Å². The van der Waals surface area contributed by atoms with Gasteiger partial charge < -0.3 is 9.84 Å². The number of carboxylic acid groups (broad SMARTS) is 1. The predicted molar refractivity (Wildman–Crippen MR) is 71.8 cm³/mol. The number of pyridine rings is 1. The molecule has 2 rings (SSSR count). The zero-order valence-electron chi connectivity index (χ0n) is 11.1. The van der Waals surface area contributed by atoms with Crippen molar-refractivity contribution in [1.29, 1.82) is 0 Å². The highest BCUT2D eigenvalue weighted by Crippen LogP contribution is 2.24. The molecule has 4 nitrogen and oxygen atoms in total. The molecule has 104 valence electrons. The number of nitrogens with zero attached hydrogens (tertiary/aromatic N) is 1. The molecule has 0 unspecified atom stereocenters. The third kappa shape index (κ3) is 3.32. The van der Waals surface area contributed by atoms with Crippen molar-refractivity contribution in [3.05, 3.63) is 53.5 Å². The number of rotatable bonds is 4. The average molecular weight is 275 g/mol. The second kappa shape index (κ2) is 5.69. The zero-order chi connectivity index (χ0) is 14.7. The molecular weight excluding hydrogens is 261 g/mol. The Morgan fingerprint density at radius 3 is 2.45 bits per heavy atom. The van der Waals surface area contributed by atoms with E-state index in [9.17, 15) is 9.18 Å². The van der Waals surface area contributed by atoms with Gasteiger partial charge in [-0.3, -0.25) is 0 Å². The van der Waals surface area contributed by atoms with E-state index in [0.717, 1.165) is 0 Å². The first kappa shape index (κ1) is 14.0. The number of aromatic nitrogens is 1. The van der Waals surface area contributed by atoms with Crippen LogP contribution in [0, 0.1) is 5.82 Å². The van der Waals surface area contributed by atoms with Crippen molar-refractivity contribution in [1.82, 2.24) is 4.98 Å². The van der Waals surface area contributed by atoms with Crippen LogP contribution in [0.25, 0.3) is 0 Å². The topological polar surface area (TPSA) is 59.4 Å². The quantitative estimate of drug-likeness (QED) is 0.921. The molecule has 1 aromatic heterocycles. The average Bonchev–Trinajstić information content (AvgIpc) is 2.41. The van der Waals surface area contributed by atoms with E-state index in [1.807, 2.05) is 13.8 Å². The molecule has 0 amide bonds. The van der Waals surface area contributed by atoms with Crippen molar-refractivity contribution in [2.75, 3.05) is 0 Å². The first-order chi connectivity index (χ1) is 9.45. The number of halogens is 1. The Morgan fingerprint density at radius 2 is 1.90 bits per heavy atom. The van der Waals surface area contributed by atoms with E-state index < -0.39 is 5.97 Å². The largest absolute Gasteiger partial charge is 0.478 e. The highest BCUT2D eigenvalue weighted by atomic mass is 19.1. The van der Waals surface area contributed by atoms with Crippen LogP contribution in [0.5, 0.6) is 11.6 Å². The summed E-state index contributed by atoms with van der Waals surface area (Å²) in [5.74, 6) is -0.757. The monoisotopic (exact) mass is 275 g/mol. The summed E-state index contributed by atoms with van der Waals surface area (Å²) in [4.78, 5) is 15.3. The fraction of sp³-hybridized carbons (Fsp3) is 0.200. The maximum absolute atomic E-state index is 12.8. The Labute approximate surface area is 115 Å². The maximum Gasteiger partial charge on any atom is 0.335 e. The van der Waals surface area contributed by atoms with Crippen molar-refractivity contribution in [3.63, 3.8) is 0 Å². The van der Waals surface area contributed by atoms with E-state index in [-0.39, 0.29) is 23.2 Å². The standard InChI is InChI=1S/C15H14FNO3/c1-9(2)13-7-10(15(18)19)8-14(17-13)20-12-5-3-11(16)4-6-12/h3-9H,1-2H3,(H,18,19). The van der Waals surface area contributed by atoms with Crippen LogP contribution < -0.4 is 4.74 Å². The second-order valence-electron chi connectivity index (χ2n) is 4.63. The van der Waals surface area contributed by atoms with Crippen molar-refractivity contribution >= 4 is 5.97 Å². The minimum atomic E-state index is -1.04. The Balaban J connectivity index is 2.35. The lowest BCUT2D eigenvalue weighted by atomic mass is 10.1. The molecule has 0 spiro atoms. The number of hydrogen-bond donors (Lipinski definition) is 1. The van der Waals surface area contributed by atoms with Gasteiger partial charge in [0.25, 0.3) is 0 Å². The molecule has 2 aromatic rings. The van der Waals surface area contributed by atoms with E-state index in [1.165, 1.54) is 36.4 Å². The lowest BCUT2D eigenvalue weighted by molar-refractivity contribution is 0.0696. The second-order valence-corrected chi connectivity index (χ2v) is 4.63. The summed E-state index contributed by atoms with van der Waals surface area (Å²) in [7, 11) is 0. The number of hydrogen-bond acceptors (Lipinski definition) is 3. The van der Waals surface area contributed by atoms with Crippen molar-refractivity contribution in [2.24, 2.45) is 0 Å². The van der Waals surface area contributed by atoms with Gasteiger partial charge in [0.15, 0.2) is 0 Å². The molecule has 0 radical (unpaired) electrons. The molecule has 0 bridgehead atoms. The van der Waals surface area contributed by atoms with Gasteiger partial charge >= 0.3 is 5.97 Å². The van der Waals surface area contributed by atoms with Crippen LogP contribution in [-0.2, 0) is 0 Å². The lowest BCUT2D eigenvalue weighted by Crippen LogP contribution is -2.03. The molecule has 0 saturated heterocycles. The van der Waals surface area contributed by atoms with E-state index in [0.29, 0.717) is 11.4 Å². The van der Waals surface area contributed by atoms with Gasteiger partial charge in [-0.25, -0.2) is 14.2 Å². The molecule has 0 atom stereocenters. The lowest BCUT2D eigenvalue weighted by Gasteiger charge is -2.10. The number of carbonyl (C=O) groups is 1. The van der Waals surface area contributed by atoms with Crippen LogP contribution in [0.3, 0.4) is 0 Å². The first-order valence-electron chi connectivity index (χ1n) is 6.14. The third-order valence-corrected chi connectivity index (χ3v) is 2.70. The van der Waals surface area contributed by atoms with Gasteiger partial charge in [-0.15, -0.1) is 0 Å². The summed E-state index contributed by atoms with van der Waals surface area (Å²) < 4.78 is 18.3. The molecule has 0 aliphatic rings. The normalized spacial score (nSPS) is 10.6. The molecule has 0 aliphatic heterocycles. The van der Waals surface area contributed by atoms with E-state index in [4.69, 9.17) is 9.84 Å². The van der Waals surface area contributed by atoms with Crippen LogP contribution in [0.4, 0.5) is 4.39 Å². The van der Waals surface area contributed by atoms with Crippen molar-refractivity contribution < 1.29 is 19.0 Å². The Bertz CT molecular complexity index is 624. The molecular formula is C15H14FNO3. The van der Waals surface area contributed by atoms with Crippen LogP contribution in [-0.4, -0.2) is 16.1 Å². The molecule has 20 heavy (non-hydrogen) atoms. The van der Waals surface area contributed by atoms with Gasteiger partial charge in [0, 0.05) is 11.8 Å². The molecule has 1 N–H and O–H groups in total. The van der Waals surface area contributed by atoms with E-state index in [1.54, 1.807) is 0 Å². The van der Waals surface area contributed by atoms with E-state index in [2.05, 4.69) is 4.98 Å². The summed E-state index contributed by atoms with van der Waals surface area (Å²) in [6, 6.07) is 8.31. The van der Waals surface area contributed by atoms with Crippen LogP contribution in [0.2, 0.25) is 0 Å². The SMILES string of the molecule is CC(C)c1cc(C(=O)O)cc(Oc2ccc(F)cc2)n1. The Hall–Kier alpha value is -2.43. The Morgan fingerprint density at radius 1 is 1.25 bits per heavy atom. The van der Waals surface area contributed by atoms with Crippen molar-refractivity contribution in [3.8, 4) is 11.6 Å². The van der Waals surface area contributed by atoms with Gasteiger partial charge in [-0.05, 0) is 36.2 Å². The molecule has 1 heterocycles. The summed E-state index contributed by atoms with van der Waals surface area (Å²) >= 11 is 0. The predicted octanol–water partition coefficient (Wildman–Crippen LogP) is 3.83. The number of aromatic carboxylic acids is 1. The smallest absolute Gasteiger partial charge is 0.335 e. The van der Waals surface area contributed by atoms with Gasteiger partial charge in [0.05, 0.1) is 5.56 Å². The molecule has 0 aliphatic carbocycles. The third-order valence-electron chi connectivity index (χ3n) is 2.70. The van der Waals surface area contributed by atoms with Gasteiger partial charge in [0.1, 0.15) is 11.6 Å². The van der Waals surface area contributed by atoms with Crippen LogP contribution in [0.1, 0.15) is 35.8 Å². The van der Waals surface area contributed by atoms with E-state index >= 15 is 0 Å².